The molecule has 28 heavy (non-hydrogen) atoms. The zero-order valence-electron chi connectivity index (χ0n) is 17.4. The third-order valence-corrected chi connectivity index (χ3v) is 5.90. The van der Waals surface area contributed by atoms with Crippen LogP contribution in [0.25, 0.3) is 0 Å². The van der Waals surface area contributed by atoms with E-state index in [1.807, 2.05) is 12.1 Å². The molecule has 1 heterocycles. The number of likely N-dealkylation sites (tertiary alicyclic amines) is 1. The number of amides is 1. The van der Waals surface area contributed by atoms with Gasteiger partial charge in [0, 0.05) is 13.1 Å². The Kier molecular flexibility index (Phi) is 6.50. The molecule has 0 unspecified atom stereocenters. The van der Waals surface area contributed by atoms with Crippen molar-refractivity contribution in [2.75, 3.05) is 13.1 Å². The summed E-state index contributed by atoms with van der Waals surface area (Å²) in [5.41, 5.74) is 6.03. The third kappa shape index (κ3) is 4.99. The SMILES string of the molecule is Cc1cc(C)c([C@H](C)NC(=O)[C@@H]2CCCN(Cc3ccc(F)cc3)C2)cc1C. The highest BCUT2D eigenvalue weighted by atomic mass is 19.1. The predicted molar refractivity (Wildman–Crippen MR) is 112 cm³/mol. The van der Waals surface area contributed by atoms with Gasteiger partial charge in [0.1, 0.15) is 5.82 Å². The topological polar surface area (TPSA) is 32.3 Å². The lowest BCUT2D eigenvalue weighted by Crippen LogP contribution is -2.43. The molecule has 0 saturated carbocycles. The average molecular weight is 383 g/mol. The Morgan fingerprint density at radius 2 is 1.82 bits per heavy atom. The summed E-state index contributed by atoms with van der Waals surface area (Å²) in [4.78, 5) is 15.2. The minimum atomic E-state index is -0.213. The Morgan fingerprint density at radius 1 is 1.14 bits per heavy atom. The molecule has 0 aliphatic carbocycles. The molecule has 3 nitrogen and oxygen atoms in total. The van der Waals surface area contributed by atoms with E-state index in [9.17, 15) is 9.18 Å². The molecule has 0 spiro atoms. The van der Waals surface area contributed by atoms with Crippen molar-refractivity contribution in [3.63, 3.8) is 0 Å². The Hall–Kier alpha value is -2.20. The van der Waals surface area contributed by atoms with Crippen LogP contribution in [0.3, 0.4) is 0 Å². The maximum absolute atomic E-state index is 13.1. The van der Waals surface area contributed by atoms with E-state index in [2.05, 4.69) is 50.0 Å². The smallest absolute Gasteiger partial charge is 0.224 e. The van der Waals surface area contributed by atoms with Gasteiger partial charge in [-0.1, -0.05) is 24.3 Å². The summed E-state index contributed by atoms with van der Waals surface area (Å²) >= 11 is 0. The number of benzene rings is 2. The molecule has 0 bridgehead atoms. The minimum Gasteiger partial charge on any atom is -0.349 e. The van der Waals surface area contributed by atoms with Crippen LogP contribution in [0.1, 0.15) is 53.6 Å². The number of carbonyl (C=O) groups excluding carboxylic acids is 1. The van der Waals surface area contributed by atoms with Crippen LogP contribution in [0, 0.1) is 32.5 Å². The molecule has 1 N–H and O–H groups in total. The van der Waals surface area contributed by atoms with Crippen molar-refractivity contribution in [3.05, 3.63) is 70.0 Å². The second kappa shape index (κ2) is 8.87. The average Bonchev–Trinajstić information content (AvgIpc) is 2.66. The lowest BCUT2D eigenvalue weighted by molar-refractivity contribution is -0.127. The number of halogens is 1. The lowest BCUT2D eigenvalue weighted by Gasteiger charge is -2.32. The quantitative estimate of drug-likeness (QED) is 0.802. The minimum absolute atomic E-state index is 0.000671. The first-order valence-electron chi connectivity index (χ1n) is 10.2. The van der Waals surface area contributed by atoms with Crippen LogP contribution in [-0.2, 0) is 11.3 Å². The summed E-state index contributed by atoms with van der Waals surface area (Å²) in [6.45, 7) is 10.9. The van der Waals surface area contributed by atoms with Crippen LogP contribution in [0.4, 0.5) is 4.39 Å². The van der Waals surface area contributed by atoms with E-state index in [1.165, 1.54) is 34.4 Å². The highest BCUT2D eigenvalue weighted by Gasteiger charge is 2.27. The molecule has 150 valence electrons. The van der Waals surface area contributed by atoms with E-state index in [4.69, 9.17) is 0 Å². The number of hydrogen-bond donors (Lipinski definition) is 1. The largest absolute Gasteiger partial charge is 0.349 e. The van der Waals surface area contributed by atoms with Gasteiger partial charge in [0.2, 0.25) is 5.91 Å². The van der Waals surface area contributed by atoms with Crippen molar-refractivity contribution in [1.82, 2.24) is 10.2 Å². The number of piperidine rings is 1. The summed E-state index contributed by atoms with van der Waals surface area (Å²) in [5, 5.41) is 3.23. The van der Waals surface area contributed by atoms with Crippen molar-refractivity contribution in [2.24, 2.45) is 5.92 Å². The fraction of sp³-hybridized carbons (Fsp3) is 0.458. The van der Waals surface area contributed by atoms with E-state index in [0.29, 0.717) is 0 Å². The van der Waals surface area contributed by atoms with Crippen molar-refractivity contribution < 1.29 is 9.18 Å². The third-order valence-electron chi connectivity index (χ3n) is 5.90. The van der Waals surface area contributed by atoms with Crippen molar-refractivity contribution >= 4 is 5.91 Å². The van der Waals surface area contributed by atoms with Gasteiger partial charge in [-0.25, -0.2) is 4.39 Å². The molecule has 1 aliphatic heterocycles. The maximum Gasteiger partial charge on any atom is 0.224 e. The molecule has 2 aromatic rings. The zero-order valence-corrected chi connectivity index (χ0v) is 17.4. The van der Waals surface area contributed by atoms with E-state index >= 15 is 0 Å². The van der Waals surface area contributed by atoms with Crippen LogP contribution < -0.4 is 5.32 Å². The Morgan fingerprint density at radius 3 is 2.54 bits per heavy atom. The first kappa shape index (κ1) is 20.5. The number of carbonyl (C=O) groups is 1. The van der Waals surface area contributed by atoms with Gasteiger partial charge < -0.3 is 5.32 Å². The van der Waals surface area contributed by atoms with Crippen molar-refractivity contribution in [1.29, 1.82) is 0 Å². The predicted octanol–water partition coefficient (Wildman–Crippen LogP) is 4.84. The highest BCUT2D eigenvalue weighted by molar-refractivity contribution is 5.79. The molecule has 3 rings (SSSR count). The molecule has 4 heteroatoms. The normalized spacial score (nSPS) is 18.7. The fourth-order valence-electron chi connectivity index (χ4n) is 4.12. The number of hydrogen-bond acceptors (Lipinski definition) is 2. The number of rotatable bonds is 5. The molecular formula is C24H31FN2O. The maximum atomic E-state index is 13.1. The van der Waals surface area contributed by atoms with Gasteiger partial charge in [-0.3, -0.25) is 9.69 Å². The first-order valence-corrected chi connectivity index (χ1v) is 10.2. The Labute approximate surface area is 167 Å². The number of nitrogens with zero attached hydrogens (tertiary/aromatic N) is 1. The number of aryl methyl sites for hydroxylation is 3. The summed E-state index contributed by atoms with van der Waals surface area (Å²) in [5.74, 6) is -0.0762. The summed E-state index contributed by atoms with van der Waals surface area (Å²) in [6, 6.07) is 11.0. The van der Waals surface area contributed by atoms with Crippen LogP contribution in [-0.4, -0.2) is 23.9 Å². The Bertz CT molecular complexity index is 831. The van der Waals surface area contributed by atoms with Gasteiger partial charge in [-0.05, 0) is 87.0 Å². The van der Waals surface area contributed by atoms with Crippen molar-refractivity contribution in [3.8, 4) is 0 Å². The monoisotopic (exact) mass is 382 g/mol. The molecule has 1 fully saturated rings. The highest BCUT2D eigenvalue weighted by Crippen LogP contribution is 2.24. The summed E-state index contributed by atoms with van der Waals surface area (Å²) in [6.07, 6.45) is 1.93. The lowest BCUT2D eigenvalue weighted by atomic mass is 9.94. The zero-order chi connectivity index (χ0) is 20.3. The molecule has 1 amide bonds. The van der Waals surface area contributed by atoms with E-state index in [-0.39, 0.29) is 23.7 Å². The second-order valence-corrected chi connectivity index (χ2v) is 8.22. The van der Waals surface area contributed by atoms with Crippen molar-refractivity contribution in [2.45, 2.75) is 53.1 Å². The summed E-state index contributed by atoms with van der Waals surface area (Å²) < 4.78 is 13.1. The van der Waals surface area contributed by atoms with Gasteiger partial charge in [0.05, 0.1) is 12.0 Å². The van der Waals surface area contributed by atoms with Gasteiger partial charge in [0.15, 0.2) is 0 Å². The Balaban J connectivity index is 1.60. The van der Waals surface area contributed by atoms with E-state index < -0.39 is 0 Å². The van der Waals surface area contributed by atoms with Gasteiger partial charge in [0.25, 0.3) is 0 Å². The van der Waals surface area contributed by atoms with Crippen LogP contribution >= 0.6 is 0 Å². The summed E-state index contributed by atoms with van der Waals surface area (Å²) in [7, 11) is 0. The molecule has 0 aromatic heterocycles. The molecule has 1 aliphatic rings. The van der Waals surface area contributed by atoms with E-state index in [1.54, 1.807) is 0 Å². The van der Waals surface area contributed by atoms with Crippen LogP contribution in [0.2, 0.25) is 0 Å². The standard InChI is InChI=1S/C24H31FN2O/c1-16-12-18(3)23(13-17(16)2)19(4)26-24(28)21-6-5-11-27(15-21)14-20-7-9-22(25)10-8-20/h7-10,12-13,19,21H,5-6,11,14-15H2,1-4H3,(H,26,28)/t19-,21+/m0/s1. The molecule has 0 radical (unpaired) electrons. The molecular weight excluding hydrogens is 351 g/mol. The number of nitrogens with one attached hydrogen (secondary N) is 1. The van der Waals surface area contributed by atoms with Crippen LogP contribution in [0.15, 0.2) is 36.4 Å². The fourth-order valence-corrected chi connectivity index (χ4v) is 4.12. The first-order chi connectivity index (χ1) is 13.3. The van der Waals surface area contributed by atoms with Gasteiger partial charge in [-0.15, -0.1) is 0 Å². The second-order valence-electron chi connectivity index (χ2n) is 8.22. The van der Waals surface area contributed by atoms with E-state index in [0.717, 1.165) is 38.0 Å². The van der Waals surface area contributed by atoms with Gasteiger partial charge >= 0.3 is 0 Å². The molecule has 1 saturated heterocycles. The molecule has 2 atom stereocenters. The van der Waals surface area contributed by atoms with Crippen LogP contribution in [0.5, 0.6) is 0 Å². The van der Waals surface area contributed by atoms with Gasteiger partial charge in [-0.2, -0.15) is 0 Å². The molecule has 2 aromatic carbocycles.